The Morgan fingerprint density at radius 1 is 1.26 bits per heavy atom. The van der Waals surface area contributed by atoms with Crippen LogP contribution in [0.2, 0.25) is 0 Å². The number of pyridine rings is 1. The third-order valence-electron chi connectivity index (χ3n) is 4.38. The van der Waals surface area contributed by atoms with Crippen molar-refractivity contribution in [3.05, 3.63) is 48.1 Å². The van der Waals surface area contributed by atoms with E-state index in [2.05, 4.69) is 44.7 Å². The lowest BCUT2D eigenvalue weighted by molar-refractivity contribution is 0.0587. The van der Waals surface area contributed by atoms with Crippen LogP contribution in [-0.2, 0) is 13.5 Å². The van der Waals surface area contributed by atoms with E-state index >= 15 is 0 Å². The Bertz CT molecular complexity index is 874. The number of imidazole rings is 1. The van der Waals surface area contributed by atoms with Gasteiger partial charge in [-0.2, -0.15) is 0 Å². The van der Waals surface area contributed by atoms with Crippen molar-refractivity contribution in [3.8, 4) is 0 Å². The lowest BCUT2D eigenvalue weighted by Crippen LogP contribution is -2.49. The van der Waals surface area contributed by atoms with Crippen molar-refractivity contribution in [3.63, 3.8) is 0 Å². The maximum absolute atomic E-state index is 12.3. The van der Waals surface area contributed by atoms with E-state index < -0.39 is 0 Å². The Balaban J connectivity index is 1.50. The number of likely N-dealkylation sites (tertiary alicyclic amines) is 1. The Kier molecular flexibility index (Phi) is 3.14. The first kappa shape index (κ1) is 13.9. The molecule has 1 saturated heterocycles. The maximum Gasteiger partial charge on any atom is 0.293 e. The lowest BCUT2D eigenvalue weighted by Gasteiger charge is -2.37. The highest BCUT2D eigenvalue weighted by molar-refractivity contribution is 5.91. The number of fused-ring (bicyclic) bond motifs is 1. The first-order chi connectivity index (χ1) is 11.2. The number of carbonyl (C=O) groups excluding carboxylic acids is 1. The fraction of sp³-hybridized carbons (Fsp3) is 0.375. The molecule has 0 N–H and O–H groups in total. The zero-order valence-corrected chi connectivity index (χ0v) is 13.2. The molecule has 0 spiro atoms. The minimum absolute atomic E-state index is 0.112. The van der Waals surface area contributed by atoms with Gasteiger partial charge in [0, 0.05) is 32.3 Å². The molecule has 0 bridgehead atoms. The molecule has 1 fully saturated rings. The summed E-state index contributed by atoms with van der Waals surface area (Å²) in [5.41, 5.74) is 3.47. The minimum Gasteiger partial charge on any atom is -0.334 e. The molecular formula is C16H18N6O. The molecule has 23 heavy (non-hydrogen) atoms. The third kappa shape index (κ3) is 2.28. The van der Waals surface area contributed by atoms with E-state index in [-0.39, 0.29) is 17.6 Å². The van der Waals surface area contributed by atoms with Gasteiger partial charge in [-0.05, 0) is 18.1 Å². The number of hydrogen-bond donors (Lipinski definition) is 0. The molecule has 1 aliphatic heterocycles. The van der Waals surface area contributed by atoms with Gasteiger partial charge in [0.1, 0.15) is 6.33 Å². The number of carbonyl (C=O) groups is 1. The number of aryl methyl sites for hydroxylation is 2. The predicted molar refractivity (Wildman–Crippen MR) is 84.2 cm³/mol. The van der Waals surface area contributed by atoms with Crippen molar-refractivity contribution in [2.75, 3.05) is 13.1 Å². The van der Waals surface area contributed by atoms with Gasteiger partial charge >= 0.3 is 0 Å². The zero-order chi connectivity index (χ0) is 16.0. The van der Waals surface area contributed by atoms with Gasteiger partial charge in [-0.25, -0.2) is 9.97 Å². The third-order valence-corrected chi connectivity index (χ3v) is 4.38. The highest BCUT2D eigenvalue weighted by atomic mass is 16.2. The van der Waals surface area contributed by atoms with Crippen LogP contribution in [0.3, 0.4) is 0 Å². The Morgan fingerprint density at radius 3 is 2.78 bits per heavy atom. The summed E-state index contributed by atoms with van der Waals surface area (Å²) < 4.78 is 3.61. The molecular weight excluding hydrogens is 292 g/mol. The van der Waals surface area contributed by atoms with Crippen molar-refractivity contribution in [2.45, 2.75) is 19.3 Å². The summed E-state index contributed by atoms with van der Waals surface area (Å²) in [7, 11) is 1.75. The number of nitrogens with zero attached hydrogens (tertiary/aromatic N) is 6. The van der Waals surface area contributed by atoms with Crippen LogP contribution in [0.5, 0.6) is 0 Å². The Labute approximate surface area is 133 Å². The molecule has 0 unspecified atom stereocenters. The second-order valence-corrected chi connectivity index (χ2v) is 5.96. The average Bonchev–Trinajstić information content (AvgIpc) is 3.12. The molecule has 3 aromatic rings. The Hall–Kier alpha value is -2.70. The fourth-order valence-corrected chi connectivity index (χ4v) is 2.99. The van der Waals surface area contributed by atoms with Gasteiger partial charge in [-0.15, -0.1) is 5.10 Å². The first-order valence-corrected chi connectivity index (χ1v) is 7.76. The smallest absolute Gasteiger partial charge is 0.293 e. The summed E-state index contributed by atoms with van der Waals surface area (Å²) >= 11 is 0. The lowest BCUT2D eigenvalue weighted by atomic mass is 9.95. The molecule has 4 heterocycles. The molecule has 0 radical (unpaired) electrons. The molecule has 0 atom stereocenters. The van der Waals surface area contributed by atoms with Gasteiger partial charge in [-0.3, -0.25) is 9.48 Å². The SMILES string of the molecule is CCc1ccc2c(C3CN(C(=O)c4ncn(C)n4)C3)ncn2c1. The average molecular weight is 310 g/mol. The molecule has 0 saturated carbocycles. The van der Waals surface area contributed by atoms with Crippen LogP contribution in [0.15, 0.2) is 31.0 Å². The van der Waals surface area contributed by atoms with Crippen molar-refractivity contribution >= 4 is 11.4 Å². The molecule has 3 aromatic heterocycles. The van der Waals surface area contributed by atoms with Gasteiger partial charge in [0.25, 0.3) is 5.91 Å². The molecule has 0 aliphatic carbocycles. The summed E-state index contributed by atoms with van der Waals surface area (Å²) in [5.74, 6) is 0.423. The normalized spacial score (nSPS) is 15.1. The van der Waals surface area contributed by atoms with E-state index in [4.69, 9.17) is 0 Å². The Morgan fingerprint density at radius 2 is 2.09 bits per heavy atom. The van der Waals surface area contributed by atoms with Crippen LogP contribution in [0.4, 0.5) is 0 Å². The van der Waals surface area contributed by atoms with Gasteiger partial charge in [0.05, 0.1) is 17.5 Å². The van der Waals surface area contributed by atoms with Crippen LogP contribution in [-0.4, -0.2) is 48.0 Å². The van der Waals surface area contributed by atoms with Crippen molar-refractivity contribution in [1.82, 2.24) is 29.0 Å². The molecule has 118 valence electrons. The molecule has 0 aromatic carbocycles. The van der Waals surface area contributed by atoms with E-state index in [0.717, 1.165) is 17.6 Å². The van der Waals surface area contributed by atoms with Crippen LogP contribution in [0.1, 0.15) is 34.7 Å². The van der Waals surface area contributed by atoms with E-state index in [0.29, 0.717) is 13.1 Å². The van der Waals surface area contributed by atoms with Gasteiger partial charge in [0.15, 0.2) is 0 Å². The zero-order valence-electron chi connectivity index (χ0n) is 13.2. The summed E-state index contributed by atoms with van der Waals surface area (Å²) in [6.07, 6.45) is 6.52. The minimum atomic E-state index is -0.112. The largest absolute Gasteiger partial charge is 0.334 e. The fourth-order valence-electron chi connectivity index (χ4n) is 2.99. The van der Waals surface area contributed by atoms with Crippen LogP contribution in [0.25, 0.3) is 5.52 Å². The van der Waals surface area contributed by atoms with Crippen molar-refractivity contribution in [1.29, 1.82) is 0 Å². The van der Waals surface area contributed by atoms with Crippen LogP contribution in [0, 0.1) is 0 Å². The van der Waals surface area contributed by atoms with Crippen LogP contribution < -0.4 is 0 Å². The second kappa shape index (κ2) is 5.19. The highest BCUT2D eigenvalue weighted by Gasteiger charge is 2.35. The van der Waals surface area contributed by atoms with Crippen LogP contribution >= 0.6 is 0 Å². The summed E-state index contributed by atoms with van der Waals surface area (Å²) in [6, 6.07) is 4.26. The topological polar surface area (TPSA) is 68.3 Å². The van der Waals surface area contributed by atoms with E-state index in [1.807, 2.05) is 6.33 Å². The summed E-state index contributed by atoms with van der Waals surface area (Å²) in [5, 5.41) is 4.06. The van der Waals surface area contributed by atoms with E-state index in [1.165, 1.54) is 5.56 Å². The highest BCUT2D eigenvalue weighted by Crippen LogP contribution is 2.29. The maximum atomic E-state index is 12.3. The van der Waals surface area contributed by atoms with Gasteiger partial charge < -0.3 is 9.30 Å². The predicted octanol–water partition coefficient (Wildman–Crippen LogP) is 1.26. The molecule has 7 heteroatoms. The standard InChI is InChI=1S/C16H18N6O/c1-3-11-4-5-13-14(17-10-22(13)6-11)12-7-21(8-12)16(23)15-18-9-20(2)19-15/h4-6,9-10,12H,3,7-8H2,1-2H3. The number of aromatic nitrogens is 5. The molecule has 4 rings (SSSR count). The summed E-state index contributed by atoms with van der Waals surface area (Å²) in [4.78, 5) is 22.6. The summed E-state index contributed by atoms with van der Waals surface area (Å²) in [6.45, 7) is 3.47. The van der Waals surface area contributed by atoms with Crippen molar-refractivity contribution < 1.29 is 4.79 Å². The number of rotatable bonds is 3. The monoisotopic (exact) mass is 310 g/mol. The van der Waals surface area contributed by atoms with Gasteiger partial charge in [-0.1, -0.05) is 13.0 Å². The molecule has 1 aliphatic rings. The molecule has 1 amide bonds. The molecule has 7 nitrogen and oxygen atoms in total. The van der Waals surface area contributed by atoms with E-state index in [9.17, 15) is 4.79 Å². The first-order valence-electron chi connectivity index (χ1n) is 7.76. The second-order valence-electron chi connectivity index (χ2n) is 5.96. The van der Waals surface area contributed by atoms with E-state index in [1.54, 1.807) is 23.0 Å². The van der Waals surface area contributed by atoms with Crippen molar-refractivity contribution in [2.24, 2.45) is 7.05 Å². The van der Waals surface area contributed by atoms with Gasteiger partial charge in [0.2, 0.25) is 5.82 Å². The number of hydrogen-bond acceptors (Lipinski definition) is 4. The quantitative estimate of drug-likeness (QED) is 0.730. The number of amides is 1.